The van der Waals surface area contributed by atoms with Crippen molar-refractivity contribution >= 4 is 27.5 Å². The Bertz CT molecular complexity index is 579. The van der Waals surface area contributed by atoms with Crippen LogP contribution in [0, 0.1) is 0 Å². The van der Waals surface area contributed by atoms with Gasteiger partial charge in [-0.2, -0.15) is 0 Å². The van der Waals surface area contributed by atoms with Gasteiger partial charge in [-0.3, -0.25) is 0 Å². The number of aromatic nitrogens is 1. The number of nitrogens with zero attached hydrogens (tertiary/aromatic N) is 2. The third-order valence-electron chi connectivity index (χ3n) is 3.20. The summed E-state index contributed by atoms with van der Waals surface area (Å²) < 4.78 is 11.4. The standard InChI is InChI=1S/C13H14BrN3O2/c14-9-1-2-12(17-3-5-18-6-4-17)10(7-9)11-8-16-19-13(11)15/h1-2,7-8H,3-6,15H2. The van der Waals surface area contributed by atoms with Crippen molar-refractivity contribution in [1.29, 1.82) is 0 Å². The van der Waals surface area contributed by atoms with Crippen LogP contribution < -0.4 is 10.6 Å². The van der Waals surface area contributed by atoms with Crippen molar-refractivity contribution in [2.24, 2.45) is 0 Å². The summed E-state index contributed by atoms with van der Waals surface area (Å²) in [4.78, 5) is 2.29. The highest BCUT2D eigenvalue weighted by molar-refractivity contribution is 9.10. The van der Waals surface area contributed by atoms with Gasteiger partial charge < -0.3 is 19.9 Å². The van der Waals surface area contributed by atoms with Gasteiger partial charge in [-0.25, -0.2) is 0 Å². The maximum atomic E-state index is 5.83. The van der Waals surface area contributed by atoms with E-state index < -0.39 is 0 Å². The van der Waals surface area contributed by atoms with E-state index in [4.69, 9.17) is 15.0 Å². The van der Waals surface area contributed by atoms with E-state index in [0.717, 1.165) is 47.6 Å². The number of hydrogen-bond donors (Lipinski definition) is 1. The Morgan fingerprint density at radius 1 is 1.21 bits per heavy atom. The van der Waals surface area contributed by atoms with Gasteiger partial charge in [0.25, 0.3) is 0 Å². The summed E-state index contributed by atoms with van der Waals surface area (Å²) in [7, 11) is 0. The van der Waals surface area contributed by atoms with E-state index in [2.05, 4.69) is 32.1 Å². The number of nitrogen functional groups attached to an aromatic ring is 1. The molecule has 1 aliphatic rings. The number of morpholine rings is 1. The first-order chi connectivity index (χ1) is 9.25. The second-order valence-electron chi connectivity index (χ2n) is 4.36. The molecule has 5 nitrogen and oxygen atoms in total. The molecule has 1 aromatic carbocycles. The fourth-order valence-electron chi connectivity index (χ4n) is 2.25. The van der Waals surface area contributed by atoms with Crippen LogP contribution in [0.3, 0.4) is 0 Å². The molecular formula is C13H14BrN3O2. The minimum Gasteiger partial charge on any atom is -0.378 e. The van der Waals surface area contributed by atoms with E-state index in [0.29, 0.717) is 5.88 Å². The van der Waals surface area contributed by atoms with Crippen molar-refractivity contribution in [3.8, 4) is 11.1 Å². The zero-order valence-corrected chi connectivity index (χ0v) is 11.9. The van der Waals surface area contributed by atoms with Crippen LogP contribution in [0.1, 0.15) is 0 Å². The van der Waals surface area contributed by atoms with Crippen LogP contribution in [0.5, 0.6) is 0 Å². The molecule has 1 fully saturated rings. The summed E-state index contributed by atoms with van der Waals surface area (Å²) in [5.41, 5.74) is 8.80. The Hall–Kier alpha value is -1.53. The first kappa shape index (κ1) is 12.5. The quantitative estimate of drug-likeness (QED) is 0.920. The van der Waals surface area contributed by atoms with Crippen molar-refractivity contribution in [3.05, 3.63) is 28.9 Å². The lowest BCUT2D eigenvalue weighted by atomic mass is 10.1. The van der Waals surface area contributed by atoms with Gasteiger partial charge in [-0.15, -0.1) is 0 Å². The Morgan fingerprint density at radius 2 is 2.00 bits per heavy atom. The molecule has 0 spiro atoms. The highest BCUT2D eigenvalue weighted by atomic mass is 79.9. The molecule has 6 heteroatoms. The molecule has 0 aliphatic carbocycles. The molecule has 0 radical (unpaired) electrons. The molecule has 1 aromatic heterocycles. The van der Waals surface area contributed by atoms with Crippen LogP contribution >= 0.6 is 15.9 Å². The van der Waals surface area contributed by atoms with Gasteiger partial charge in [-0.1, -0.05) is 21.1 Å². The fraction of sp³-hybridized carbons (Fsp3) is 0.308. The third-order valence-corrected chi connectivity index (χ3v) is 3.69. The molecule has 0 saturated carbocycles. The summed E-state index contributed by atoms with van der Waals surface area (Å²) in [6.07, 6.45) is 1.65. The minimum atomic E-state index is 0.340. The van der Waals surface area contributed by atoms with Gasteiger partial charge in [0.2, 0.25) is 5.88 Å². The summed E-state index contributed by atoms with van der Waals surface area (Å²) in [5, 5.41) is 3.76. The minimum absolute atomic E-state index is 0.340. The smallest absolute Gasteiger partial charge is 0.230 e. The molecule has 2 N–H and O–H groups in total. The van der Waals surface area contributed by atoms with E-state index in [9.17, 15) is 0 Å². The number of halogens is 1. The highest BCUT2D eigenvalue weighted by Gasteiger charge is 2.18. The number of nitrogens with two attached hydrogens (primary N) is 1. The fourth-order valence-corrected chi connectivity index (χ4v) is 2.62. The van der Waals surface area contributed by atoms with Crippen LogP contribution in [0.4, 0.5) is 11.6 Å². The van der Waals surface area contributed by atoms with Crippen molar-refractivity contribution in [1.82, 2.24) is 5.16 Å². The molecular weight excluding hydrogens is 310 g/mol. The van der Waals surface area contributed by atoms with Gasteiger partial charge >= 0.3 is 0 Å². The predicted octanol–water partition coefficient (Wildman–Crippen LogP) is 2.52. The Morgan fingerprint density at radius 3 is 2.68 bits per heavy atom. The number of benzene rings is 1. The topological polar surface area (TPSA) is 64.5 Å². The van der Waals surface area contributed by atoms with Gasteiger partial charge in [0.15, 0.2) is 0 Å². The molecule has 1 saturated heterocycles. The average Bonchev–Trinajstić information content (AvgIpc) is 2.86. The average molecular weight is 324 g/mol. The predicted molar refractivity (Wildman–Crippen MR) is 77.1 cm³/mol. The summed E-state index contributed by atoms with van der Waals surface area (Å²) in [5.74, 6) is 0.340. The Labute approximate surface area is 119 Å². The molecule has 2 aromatic rings. The Kier molecular flexibility index (Phi) is 3.44. The van der Waals surface area contributed by atoms with Crippen LogP contribution in [0.15, 0.2) is 33.4 Å². The first-order valence-corrected chi connectivity index (χ1v) is 6.88. The highest BCUT2D eigenvalue weighted by Crippen LogP contribution is 2.36. The largest absolute Gasteiger partial charge is 0.378 e. The van der Waals surface area contributed by atoms with Gasteiger partial charge in [0.05, 0.1) is 25.0 Å². The molecule has 0 unspecified atom stereocenters. The van der Waals surface area contributed by atoms with Crippen molar-refractivity contribution < 1.29 is 9.26 Å². The molecule has 3 rings (SSSR count). The molecule has 0 amide bonds. The third kappa shape index (κ3) is 2.46. The summed E-state index contributed by atoms with van der Waals surface area (Å²) in [6.45, 7) is 3.24. The van der Waals surface area contributed by atoms with Crippen LogP contribution in [0.25, 0.3) is 11.1 Å². The van der Waals surface area contributed by atoms with E-state index in [-0.39, 0.29) is 0 Å². The van der Waals surface area contributed by atoms with E-state index in [1.165, 1.54) is 0 Å². The second kappa shape index (κ2) is 5.22. The normalized spacial score (nSPS) is 15.7. The van der Waals surface area contributed by atoms with Gasteiger partial charge in [0, 0.05) is 28.8 Å². The summed E-state index contributed by atoms with van der Waals surface area (Å²) >= 11 is 3.50. The van der Waals surface area contributed by atoms with E-state index in [1.807, 2.05) is 12.1 Å². The SMILES string of the molecule is Nc1oncc1-c1cc(Br)ccc1N1CCOCC1. The Balaban J connectivity index is 2.06. The van der Waals surface area contributed by atoms with Crippen LogP contribution in [0.2, 0.25) is 0 Å². The maximum absolute atomic E-state index is 5.83. The zero-order chi connectivity index (χ0) is 13.2. The monoisotopic (exact) mass is 323 g/mol. The van der Waals surface area contributed by atoms with Gasteiger partial charge in [0.1, 0.15) is 0 Å². The van der Waals surface area contributed by atoms with Crippen LogP contribution in [-0.2, 0) is 4.74 Å². The van der Waals surface area contributed by atoms with Crippen molar-refractivity contribution in [2.45, 2.75) is 0 Å². The number of hydrogen-bond acceptors (Lipinski definition) is 5. The van der Waals surface area contributed by atoms with E-state index in [1.54, 1.807) is 6.20 Å². The molecule has 19 heavy (non-hydrogen) atoms. The second-order valence-corrected chi connectivity index (χ2v) is 5.28. The molecule has 1 aliphatic heterocycles. The summed E-state index contributed by atoms with van der Waals surface area (Å²) in [6, 6.07) is 6.14. The molecule has 0 atom stereocenters. The number of anilines is 2. The molecule has 2 heterocycles. The van der Waals surface area contributed by atoms with Crippen molar-refractivity contribution in [3.63, 3.8) is 0 Å². The number of ether oxygens (including phenoxy) is 1. The molecule has 100 valence electrons. The first-order valence-electron chi connectivity index (χ1n) is 6.08. The lowest BCUT2D eigenvalue weighted by Crippen LogP contribution is -2.36. The zero-order valence-electron chi connectivity index (χ0n) is 10.3. The molecule has 0 bridgehead atoms. The van der Waals surface area contributed by atoms with E-state index >= 15 is 0 Å². The number of rotatable bonds is 2. The lowest BCUT2D eigenvalue weighted by Gasteiger charge is -2.30. The van der Waals surface area contributed by atoms with Gasteiger partial charge in [-0.05, 0) is 18.2 Å². The van der Waals surface area contributed by atoms with Crippen LogP contribution in [-0.4, -0.2) is 31.5 Å². The maximum Gasteiger partial charge on any atom is 0.230 e. The lowest BCUT2D eigenvalue weighted by molar-refractivity contribution is 0.123. The van der Waals surface area contributed by atoms with Crippen molar-refractivity contribution in [2.75, 3.05) is 36.9 Å².